The second-order valence-corrected chi connectivity index (χ2v) is 6.79. The molecule has 4 heteroatoms. The molecule has 0 bridgehead atoms. The normalized spacial score (nSPS) is 13.9. The van der Waals surface area contributed by atoms with Crippen LogP contribution in [0.3, 0.4) is 0 Å². The van der Waals surface area contributed by atoms with Crippen molar-refractivity contribution in [1.82, 2.24) is 4.72 Å². The zero-order valence-electron chi connectivity index (χ0n) is 11.8. The van der Waals surface area contributed by atoms with E-state index in [9.17, 15) is 8.42 Å². The molecule has 0 radical (unpaired) electrons. The van der Waals surface area contributed by atoms with Crippen molar-refractivity contribution in [2.45, 2.75) is 57.9 Å². The first kappa shape index (κ1) is 15.2. The summed E-state index contributed by atoms with van der Waals surface area (Å²) in [6.07, 6.45) is 0.780. The predicted octanol–water partition coefficient (Wildman–Crippen LogP) is 3.20. The molecule has 102 valence electrons. The smallest absolute Gasteiger partial charge is 0.208 e. The maximum Gasteiger partial charge on any atom is 0.241 e. The molecule has 18 heavy (non-hydrogen) atoms. The predicted molar refractivity (Wildman–Crippen MR) is 75.3 cm³/mol. The van der Waals surface area contributed by atoms with E-state index >= 15 is 0 Å². The number of rotatable bonds is 5. The minimum absolute atomic E-state index is 0.0443. The standard InChI is InChI=1S/C14H23NO2S/c1-6-12(5)15-18(16,17)14-9-13(10(2)3)8-7-11(14)4/h7-10,12,15H,6H2,1-5H3. The van der Waals surface area contributed by atoms with Crippen LogP contribution >= 0.6 is 0 Å². The van der Waals surface area contributed by atoms with Gasteiger partial charge in [-0.15, -0.1) is 0 Å². The van der Waals surface area contributed by atoms with Gasteiger partial charge in [0.2, 0.25) is 10.0 Å². The highest BCUT2D eigenvalue weighted by molar-refractivity contribution is 7.89. The summed E-state index contributed by atoms with van der Waals surface area (Å²) >= 11 is 0. The first-order valence-corrected chi connectivity index (χ1v) is 7.89. The van der Waals surface area contributed by atoms with Crippen LogP contribution in [0.15, 0.2) is 23.1 Å². The molecule has 0 aliphatic heterocycles. The van der Waals surface area contributed by atoms with E-state index < -0.39 is 10.0 Å². The van der Waals surface area contributed by atoms with Gasteiger partial charge in [0, 0.05) is 6.04 Å². The molecule has 1 N–H and O–H groups in total. The Morgan fingerprint density at radius 3 is 2.33 bits per heavy atom. The fourth-order valence-electron chi connectivity index (χ4n) is 1.68. The minimum atomic E-state index is -3.41. The van der Waals surface area contributed by atoms with Crippen LogP contribution in [-0.2, 0) is 10.0 Å². The van der Waals surface area contributed by atoms with Gasteiger partial charge >= 0.3 is 0 Å². The van der Waals surface area contributed by atoms with E-state index in [2.05, 4.69) is 18.6 Å². The fraction of sp³-hybridized carbons (Fsp3) is 0.571. The lowest BCUT2D eigenvalue weighted by atomic mass is 10.0. The van der Waals surface area contributed by atoms with Crippen molar-refractivity contribution in [1.29, 1.82) is 0 Å². The lowest BCUT2D eigenvalue weighted by Gasteiger charge is -2.15. The Labute approximate surface area is 111 Å². The maximum absolute atomic E-state index is 12.3. The van der Waals surface area contributed by atoms with E-state index in [1.165, 1.54) is 0 Å². The molecule has 0 amide bonds. The van der Waals surface area contributed by atoms with E-state index in [1.54, 1.807) is 6.07 Å². The van der Waals surface area contributed by atoms with Crippen molar-refractivity contribution in [3.63, 3.8) is 0 Å². The number of hydrogen-bond acceptors (Lipinski definition) is 2. The van der Waals surface area contributed by atoms with Gasteiger partial charge in [-0.3, -0.25) is 0 Å². The van der Waals surface area contributed by atoms with Crippen LogP contribution < -0.4 is 4.72 Å². The molecule has 1 aromatic carbocycles. The Bertz CT molecular complexity index is 507. The number of benzene rings is 1. The second-order valence-electron chi connectivity index (χ2n) is 5.11. The number of nitrogens with one attached hydrogen (secondary N) is 1. The molecule has 1 rings (SSSR count). The van der Waals surface area contributed by atoms with E-state index in [0.717, 1.165) is 17.5 Å². The van der Waals surface area contributed by atoms with Crippen molar-refractivity contribution >= 4 is 10.0 Å². The molecule has 0 heterocycles. The van der Waals surface area contributed by atoms with Crippen molar-refractivity contribution in [3.8, 4) is 0 Å². The average Bonchev–Trinajstić information content (AvgIpc) is 2.28. The van der Waals surface area contributed by atoms with E-state index in [0.29, 0.717) is 10.8 Å². The van der Waals surface area contributed by atoms with Gasteiger partial charge in [0.1, 0.15) is 0 Å². The molecule has 1 aromatic rings. The van der Waals surface area contributed by atoms with Crippen LogP contribution in [0.4, 0.5) is 0 Å². The van der Waals surface area contributed by atoms with E-state index in [1.807, 2.05) is 32.9 Å². The van der Waals surface area contributed by atoms with Gasteiger partial charge in [0.25, 0.3) is 0 Å². The van der Waals surface area contributed by atoms with Crippen LogP contribution in [0, 0.1) is 6.92 Å². The summed E-state index contributed by atoms with van der Waals surface area (Å²) < 4.78 is 27.3. The zero-order valence-corrected chi connectivity index (χ0v) is 12.6. The monoisotopic (exact) mass is 269 g/mol. The molecule has 0 fully saturated rings. The molecule has 0 spiro atoms. The van der Waals surface area contributed by atoms with E-state index in [4.69, 9.17) is 0 Å². The number of aryl methyl sites for hydroxylation is 1. The van der Waals surface area contributed by atoms with Gasteiger partial charge in [-0.1, -0.05) is 32.9 Å². The molecule has 0 aliphatic rings. The van der Waals surface area contributed by atoms with Crippen LogP contribution in [0.5, 0.6) is 0 Å². The summed E-state index contributed by atoms with van der Waals surface area (Å²) in [5, 5.41) is 0. The Kier molecular flexibility index (Phi) is 4.93. The van der Waals surface area contributed by atoms with Crippen molar-refractivity contribution in [2.75, 3.05) is 0 Å². The van der Waals surface area contributed by atoms with Gasteiger partial charge in [-0.2, -0.15) is 0 Å². The Morgan fingerprint density at radius 1 is 1.22 bits per heavy atom. The summed E-state index contributed by atoms with van der Waals surface area (Å²) in [5.74, 6) is 0.322. The molecule has 0 saturated heterocycles. The van der Waals surface area contributed by atoms with Crippen LogP contribution in [0.25, 0.3) is 0 Å². The van der Waals surface area contributed by atoms with Gasteiger partial charge in [-0.05, 0) is 43.4 Å². The van der Waals surface area contributed by atoms with Gasteiger partial charge in [0.15, 0.2) is 0 Å². The highest BCUT2D eigenvalue weighted by Gasteiger charge is 2.19. The summed E-state index contributed by atoms with van der Waals surface area (Å²) in [7, 11) is -3.41. The highest BCUT2D eigenvalue weighted by atomic mass is 32.2. The largest absolute Gasteiger partial charge is 0.241 e. The number of hydrogen-bond donors (Lipinski definition) is 1. The highest BCUT2D eigenvalue weighted by Crippen LogP contribution is 2.22. The van der Waals surface area contributed by atoms with Crippen molar-refractivity contribution in [2.24, 2.45) is 0 Å². The third kappa shape index (κ3) is 3.56. The van der Waals surface area contributed by atoms with Gasteiger partial charge in [-0.25, -0.2) is 13.1 Å². The lowest BCUT2D eigenvalue weighted by molar-refractivity contribution is 0.555. The fourth-order valence-corrected chi connectivity index (χ4v) is 3.28. The van der Waals surface area contributed by atoms with Gasteiger partial charge < -0.3 is 0 Å². The molecule has 3 nitrogen and oxygen atoms in total. The van der Waals surface area contributed by atoms with Crippen LogP contribution in [0.2, 0.25) is 0 Å². The maximum atomic E-state index is 12.3. The van der Waals surface area contributed by atoms with Crippen LogP contribution in [-0.4, -0.2) is 14.5 Å². The summed E-state index contributed by atoms with van der Waals surface area (Å²) in [4.78, 5) is 0.397. The summed E-state index contributed by atoms with van der Waals surface area (Å²) in [5.41, 5.74) is 1.83. The topological polar surface area (TPSA) is 46.2 Å². The Balaban J connectivity index is 3.19. The average molecular weight is 269 g/mol. The zero-order chi connectivity index (χ0) is 13.9. The van der Waals surface area contributed by atoms with Crippen molar-refractivity contribution in [3.05, 3.63) is 29.3 Å². The molecule has 0 aliphatic carbocycles. The molecular weight excluding hydrogens is 246 g/mol. The third-order valence-electron chi connectivity index (χ3n) is 3.14. The van der Waals surface area contributed by atoms with Crippen molar-refractivity contribution < 1.29 is 8.42 Å². The molecule has 0 aromatic heterocycles. The number of sulfonamides is 1. The SMILES string of the molecule is CCC(C)NS(=O)(=O)c1cc(C(C)C)ccc1C. The lowest BCUT2D eigenvalue weighted by Crippen LogP contribution is -2.32. The minimum Gasteiger partial charge on any atom is -0.208 e. The Hall–Kier alpha value is -0.870. The Morgan fingerprint density at radius 2 is 1.83 bits per heavy atom. The molecule has 1 atom stereocenters. The molecule has 1 unspecified atom stereocenters. The third-order valence-corrected chi connectivity index (χ3v) is 4.87. The molecular formula is C14H23NO2S. The molecule has 0 saturated carbocycles. The summed E-state index contributed by atoms with van der Waals surface area (Å²) in [6, 6.07) is 5.60. The first-order valence-electron chi connectivity index (χ1n) is 6.40. The van der Waals surface area contributed by atoms with E-state index in [-0.39, 0.29) is 6.04 Å². The second kappa shape index (κ2) is 5.85. The first-order chi connectivity index (χ1) is 8.27. The van der Waals surface area contributed by atoms with Crippen LogP contribution in [0.1, 0.15) is 51.2 Å². The quantitative estimate of drug-likeness (QED) is 0.892. The summed E-state index contributed by atoms with van der Waals surface area (Å²) in [6.45, 7) is 9.78. The van der Waals surface area contributed by atoms with Gasteiger partial charge in [0.05, 0.1) is 4.90 Å².